The van der Waals surface area contributed by atoms with Crippen molar-refractivity contribution >= 4 is 56.2 Å². The van der Waals surface area contributed by atoms with Crippen molar-refractivity contribution < 1.29 is 8.42 Å². The van der Waals surface area contributed by atoms with Crippen LogP contribution in [-0.2, 0) is 10.0 Å². The first-order valence-electron chi connectivity index (χ1n) is 5.32. The van der Waals surface area contributed by atoms with Crippen LogP contribution < -0.4 is 10.5 Å². The van der Waals surface area contributed by atoms with Gasteiger partial charge in [0.1, 0.15) is 0 Å². The van der Waals surface area contributed by atoms with E-state index >= 15 is 0 Å². The zero-order valence-electron chi connectivity index (χ0n) is 9.90. The Morgan fingerprint density at radius 2 is 1.55 bits per heavy atom. The smallest absolute Gasteiger partial charge is 0.261 e. The van der Waals surface area contributed by atoms with E-state index in [1.54, 1.807) is 0 Å². The van der Waals surface area contributed by atoms with E-state index in [4.69, 9.17) is 40.5 Å². The number of nitrogen functional groups attached to an aromatic ring is 1. The van der Waals surface area contributed by atoms with Gasteiger partial charge < -0.3 is 5.73 Å². The summed E-state index contributed by atoms with van der Waals surface area (Å²) in [5, 5.41) is 0.881. The van der Waals surface area contributed by atoms with Gasteiger partial charge in [0.15, 0.2) is 0 Å². The van der Waals surface area contributed by atoms with E-state index in [2.05, 4.69) is 4.72 Å². The SMILES string of the molecule is Nc1cc(S(=O)(=O)Nc2ccc(Cl)c(Cl)c2)ccc1Cl. The summed E-state index contributed by atoms with van der Waals surface area (Å²) in [6.45, 7) is 0. The summed E-state index contributed by atoms with van der Waals surface area (Å²) in [4.78, 5) is 0.00507. The summed E-state index contributed by atoms with van der Waals surface area (Å²) in [7, 11) is -3.77. The molecule has 2 aromatic rings. The molecule has 0 amide bonds. The first-order chi connectivity index (χ1) is 9.29. The maximum atomic E-state index is 12.2. The van der Waals surface area contributed by atoms with Crippen molar-refractivity contribution in [3.63, 3.8) is 0 Å². The Hall–Kier alpha value is -1.14. The second kappa shape index (κ2) is 5.69. The minimum absolute atomic E-state index is 0.00507. The third kappa shape index (κ3) is 3.30. The lowest BCUT2D eigenvalue weighted by Gasteiger charge is -2.10. The van der Waals surface area contributed by atoms with Crippen molar-refractivity contribution in [3.8, 4) is 0 Å². The van der Waals surface area contributed by atoms with Crippen LogP contribution in [0.25, 0.3) is 0 Å². The molecule has 0 fully saturated rings. The molecular weight excluding hydrogens is 343 g/mol. The number of halogens is 3. The van der Waals surface area contributed by atoms with Crippen molar-refractivity contribution in [2.45, 2.75) is 4.90 Å². The number of benzene rings is 2. The van der Waals surface area contributed by atoms with Gasteiger partial charge in [-0.15, -0.1) is 0 Å². The van der Waals surface area contributed by atoms with Crippen LogP contribution in [-0.4, -0.2) is 8.42 Å². The molecule has 0 atom stereocenters. The van der Waals surface area contributed by atoms with E-state index in [9.17, 15) is 8.42 Å². The normalized spacial score (nSPS) is 11.3. The Morgan fingerprint density at radius 1 is 0.900 bits per heavy atom. The third-order valence-corrected chi connectivity index (χ3v) is 4.91. The Labute approximate surface area is 131 Å². The molecule has 0 aliphatic carbocycles. The van der Waals surface area contributed by atoms with Crippen molar-refractivity contribution in [2.24, 2.45) is 0 Å². The summed E-state index contributed by atoms with van der Waals surface area (Å²) in [6.07, 6.45) is 0. The Morgan fingerprint density at radius 3 is 2.15 bits per heavy atom. The molecule has 0 saturated carbocycles. The van der Waals surface area contributed by atoms with Gasteiger partial charge in [0.2, 0.25) is 0 Å². The van der Waals surface area contributed by atoms with Crippen molar-refractivity contribution in [2.75, 3.05) is 10.5 Å². The second-order valence-electron chi connectivity index (χ2n) is 3.92. The van der Waals surface area contributed by atoms with Crippen LogP contribution in [0, 0.1) is 0 Å². The highest BCUT2D eigenvalue weighted by molar-refractivity contribution is 7.92. The van der Waals surface area contributed by atoms with Gasteiger partial charge in [0, 0.05) is 0 Å². The van der Waals surface area contributed by atoms with Gasteiger partial charge >= 0.3 is 0 Å². The Balaban J connectivity index is 2.35. The van der Waals surface area contributed by atoms with Crippen molar-refractivity contribution in [3.05, 3.63) is 51.5 Å². The summed E-state index contributed by atoms with van der Waals surface area (Å²) < 4.78 is 26.7. The summed E-state index contributed by atoms with van der Waals surface area (Å²) >= 11 is 17.4. The second-order valence-corrected chi connectivity index (χ2v) is 6.82. The van der Waals surface area contributed by atoms with Crippen LogP contribution in [0.1, 0.15) is 0 Å². The number of nitrogens with one attached hydrogen (secondary N) is 1. The van der Waals surface area contributed by atoms with E-state index in [1.807, 2.05) is 0 Å². The lowest BCUT2D eigenvalue weighted by molar-refractivity contribution is 0.601. The molecule has 8 heteroatoms. The molecule has 20 heavy (non-hydrogen) atoms. The predicted octanol–water partition coefficient (Wildman–Crippen LogP) is 4.03. The highest BCUT2D eigenvalue weighted by atomic mass is 35.5. The molecule has 4 nitrogen and oxygen atoms in total. The minimum Gasteiger partial charge on any atom is -0.397 e. The van der Waals surface area contributed by atoms with Gasteiger partial charge in [-0.05, 0) is 36.4 Å². The van der Waals surface area contributed by atoms with Crippen LogP contribution in [0.2, 0.25) is 15.1 Å². The van der Waals surface area contributed by atoms with Crippen molar-refractivity contribution in [1.82, 2.24) is 0 Å². The summed E-state index contributed by atoms with van der Waals surface area (Å²) in [6, 6.07) is 8.48. The zero-order chi connectivity index (χ0) is 14.9. The van der Waals surface area contributed by atoms with Crippen LogP contribution in [0.3, 0.4) is 0 Å². The maximum absolute atomic E-state index is 12.2. The molecule has 106 valence electrons. The highest BCUT2D eigenvalue weighted by Gasteiger charge is 2.15. The lowest BCUT2D eigenvalue weighted by Crippen LogP contribution is -2.13. The summed E-state index contributed by atoms with van der Waals surface area (Å²) in [5.41, 5.74) is 6.07. The van der Waals surface area contributed by atoms with Gasteiger partial charge in [-0.2, -0.15) is 0 Å². The molecule has 0 aliphatic heterocycles. The number of hydrogen-bond acceptors (Lipinski definition) is 3. The molecule has 2 aromatic carbocycles. The fraction of sp³-hybridized carbons (Fsp3) is 0. The number of anilines is 2. The first kappa shape index (κ1) is 15.3. The molecule has 2 rings (SSSR count). The zero-order valence-corrected chi connectivity index (χ0v) is 13.0. The Kier molecular flexibility index (Phi) is 4.34. The molecule has 0 unspecified atom stereocenters. The van der Waals surface area contributed by atoms with E-state index < -0.39 is 10.0 Å². The number of nitrogens with two attached hydrogens (primary N) is 1. The molecule has 0 bridgehead atoms. The predicted molar refractivity (Wildman–Crippen MR) is 83.1 cm³/mol. The van der Waals surface area contributed by atoms with E-state index in [0.29, 0.717) is 15.7 Å². The quantitative estimate of drug-likeness (QED) is 0.820. The fourth-order valence-corrected chi connectivity index (χ4v) is 2.96. The number of sulfonamides is 1. The molecule has 0 aromatic heterocycles. The average Bonchev–Trinajstić information content (AvgIpc) is 2.37. The molecule has 0 spiro atoms. The standard InChI is InChI=1S/C12H9Cl3N2O2S/c13-9-3-1-7(5-11(9)15)17-20(18,19)8-2-4-10(14)12(16)6-8/h1-6,17H,16H2. The molecule has 0 saturated heterocycles. The lowest BCUT2D eigenvalue weighted by atomic mass is 10.3. The van der Waals surface area contributed by atoms with E-state index in [1.165, 1.54) is 36.4 Å². The van der Waals surface area contributed by atoms with E-state index in [-0.39, 0.29) is 15.6 Å². The van der Waals surface area contributed by atoms with Crippen LogP contribution in [0.15, 0.2) is 41.3 Å². The van der Waals surface area contributed by atoms with Crippen LogP contribution >= 0.6 is 34.8 Å². The topological polar surface area (TPSA) is 72.2 Å². The summed E-state index contributed by atoms with van der Waals surface area (Å²) in [5.74, 6) is 0. The first-order valence-corrected chi connectivity index (χ1v) is 7.94. The largest absolute Gasteiger partial charge is 0.397 e. The third-order valence-electron chi connectivity index (χ3n) is 2.45. The molecule has 0 radical (unpaired) electrons. The van der Waals surface area contributed by atoms with Gasteiger partial charge in [-0.3, -0.25) is 4.72 Å². The van der Waals surface area contributed by atoms with Gasteiger partial charge in [0.05, 0.1) is 31.3 Å². The monoisotopic (exact) mass is 350 g/mol. The van der Waals surface area contributed by atoms with Crippen molar-refractivity contribution in [1.29, 1.82) is 0 Å². The van der Waals surface area contributed by atoms with Gasteiger partial charge in [0.25, 0.3) is 10.0 Å². The van der Waals surface area contributed by atoms with Gasteiger partial charge in [-0.25, -0.2) is 8.42 Å². The van der Waals surface area contributed by atoms with Gasteiger partial charge in [-0.1, -0.05) is 34.8 Å². The number of rotatable bonds is 3. The molecule has 0 heterocycles. The number of hydrogen-bond donors (Lipinski definition) is 2. The minimum atomic E-state index is -3.77. The highest BCUT2D eigenvalue weighted by Crippen LogP contribution is 2.27. The maximum Gasteiger partial charge on any atom is 0.261 e. The molecular formula is C12H9Cl3N2O2S. The molecule has 0 aliphatic rings. The van der Waals surface area contributed by atoms with Crippen LogP contribution in [0.5, 0.6) is 0 Å². The fourth-order valence-electron chi connectivity index (χ4n) is 1.46. The molecule has 3 N–H and O–H groups in total. The van der Waals surface area contributed by atoms with E-state index in [0.717, 1.165) is 0 Å². The van der Waals surface area contributed by atoms with Crippen LogP contribution in [0.4, 0.5) is 11.4 Å². The Bertz CT molecular complexity index is 763. The average molecular weight is 352 g/mol.